The van der Waals surface area contributed by atoms with Crippen LogP contribution in [0.4, 0.5) is 5.69 Å². The summed E-state index contributed by atoms with van der Waals surface area (Å²) in [6.07, 6.45) is 3.02. The van der Waals surface area contributed by atoms with Gasteiger partial charge in [-0.15, -0.1) is 0 Å². The average molecular weight is 429 g/mol. The lowest BCUT2D eigenvalue weighted by atomic mass is 9.99. The van der Waals surface area contributed by atoms with E-state index in [0.29, 0.717) is 31.1 Å². The summed E-state index contributed by atoms with van der Waals surface area (Å²) in [4.78, 5) is 31.5. The molecule has 2 aromatic rings. The lowest BCUT2D eigenvalue weighted by Crippen LogP contribution is -2.54. The lowest BCUT2D eigenvalue weighted by Gasteiger charge is -2.28. The Kier molecular flexibility index (Phi) is 6.20. The number of likely N-dealkylation sites (tertiary alicyclic amines) is 1. The smallest absolute Gasteiger partial charge is 0.253 e. The highest BCUT2D eigenvalue weighted by molar-refractivity contribution is 6.29. The second-order valence-corrected chi connectivity index (χ2v) is 8.23. The van der Waals surface area contributed by atoms with Gasteiger partial charge in [0.2, 0.25) is 5.91 Å². The second-order valence-electron chi connectivity index (χ2n) is 7.85. The number of rotatable bonds is 6. The predicted molar refractivity (Wildman–Crippen MR) is 114 cm³/mol. The van der Waals surface area contributed by atoms with Gasteiger partial charge in [-0.1, -0.05) is 41.9 Å². The number of halogens is 1. The third kappa shape index (κ3) is 4.57. The molecule has 2 aliphatic heterocycles. The van der Waals surface area contributed by atoms with E-state index in [2.05, 4.69) is 15.6 Å². The van der Waals surface area contributed by atoms with E-state index >= 15 is 0 Å². The summed E-state index contributed by atoms with van der Waals surface area (Å²) in [5, 5.41) is 17.3. The van der Waals surface area contributed by atoms with Crippen LogP contribution in [0.15, 0.2) is 42.6 Å². The minimum absolute atomic E-state index is 0.267. The highest BCUT2D eigenvalue weighted by Crippen LogP contribution is 2.27. The standard InChI is InChI=1S/C22H25ClN4O3/c23-19-12-15-11-17(25-18(15)13-24-19)21(29)26-16(10-14-6-2-1-3-7-14)20(28)22(30)27-8-4-5-9-27/h1-3,6-7,12-13,16-17,20,25,28H,4-5,8-11H2,(H,26,29)/t16-,17?,20-/m0/s1. The molecule has 0 radical (unpaired) electrons. The van der Waals surface area contributed by atoms with Gasteiger partial charge in [-0.3, -0.25) is 9.59 Å². The monoisotopic (exact) mass is 428 g/mol. The first-order chi connectivity index (χ1) is 14.5. The predicted octanol–water partition coefficient (Wildman–Crippen LogP) is 1.78. The number of anilines is 1. The Morgan fingerprint density at radius 3 is 2.73 bits per heavy atom. The van der Waals surface area contributed by atoms with E-state index in [1.807, 2.05) is 30.3 Å². The molecule has 1 fully saturated rings. The summed E-state index contributed by atoms with van der Waals surface area (Å²) < 4.78 is 0. The average Bonchev–Trinajstić information content (AvgIpc) is 3.42. The topological polar surface area (TPSA) is 94.6 Å². The zero-order valence-corrected chi connectivity index (χ0v) is 17.3. The number of carbonyl (C=O) groups is 2. The fourth-order valence-corrected chi connectivity index (χ4v) is 4.25. The molecule has 0 aliphatic carbocycles. The molecular formula is C22H25ClN4O3. The number of amides is 2. The second kappa shape index (κ2) is 9.02. The van der Waals surface area contributed by atoms with Crippen molar-refractivity contribution in [1.82, 2.24) is 15.2 Å². The van der Waals surface area contributed by atoms with Crippen molar-refractivity contribution in [2.45, 2.75) is 43.9 Å². The van der Waals surface area contributed by atoms with Crippen molar-refractivity contribution in [3.05, 3.63) is 58.9 Å². The number of benzene rings is 1. The van der Waals surface area contributed by atoms with Crippen LogP contribution in [0.5, 0.6) is 0 Å². The zero-order chi connectivity index (χ0) is 21.1. The van der Waals surface area contributed by atoms with Gasteiger partial charge < -0.3 is 20.6 Å². The Bertz CT molecular complexity index is 918. The maximum atomic E-state index is 13.0. The molecule has 7 nitrogen and oxygen atoms in total. The summed E-state index contributed by atoms with van der Waals surface area (Å²) in [5.41, 5.74) is 2.63. The number of aromatic nitrogens is 1. The molecule has 0 spiro atoms. The van der Waals surface area contributed by atoms with E-state index < -0.39 is 18.2 Å². The number of nitrogens with zero attached hydrogens (tertiary/aromatic N) is 2. The van der Waals surface area contributed by atoms with Crippen LogP contribution in [-0.4, -0.2) is 58.1 Å². The number of aliphatic hydroxyl groups is 1. The van der Waals surface area contributed by atoms with Crippen molar-refractivity contribution >= 4 is 29.1 Å². The van der Waals surface area contributed by atoms with Crippen molar-refractivity contribution < 1.29 is 14.7 Å². The molecule has 1 saturated heterocycles. The molecule has 0 bridgehead atoms. The third-order valence-electron chi connectivity index (χ3n) is 5.70. The molecule has 158 valence electrons. The SMILES string of the molecule is O=C(N[C@@H](Cc1ccccc1)[C@H](O)C(=O)N1CCCC1)C1Cc2cc(Cl)ncc2N1. The number of pyridine rings is 1. The number of aliphatic hydroxyl groups excluding tert-OH is 1. The van der Waals surface area contributed by atoms with Crippen LogP contribution in [0.3, 0.4) is 0 Å². The summed E-state index contributed by atoms with van der Waals surface area (Å²) in [7, 11) is 0. The van der Waals surface area contributed by atoms with Gasteiger partial charge in [0, 0.05) is 19.5 Å². The summed E-state index contributed by atoms with van der Waals surface area (Å²) in [6.45, 7) is 1.30. The fourth-order valence-electron chi connectivity index (χ4n) is 4.07. The number of fused-ring (bicyclic) bond motifs is 1. The van der Waals surface area contributed by atoms with Crippen LogP contribution in [-0.2, 0) is 22.4 Å². The Balaban J connectivity index is 1.47. The normalized spacial score (nSPS) is 19.7. The van der Waals surface area contributed by atoms with E-state index in [1.165, 1.54) is 0 Å². The van der Waals surface area contributed by atoms with Gasteiger partial charge in [-0.05, 0) is 36.5 Å². The summed E-state index contributed by atoms with van der Waals surface area (Å²) in [5.74, 6) is -0.594. The highest BCUT2D eigenvalue weighted by atomic mass is 35.5. The van der Waals surface area contributed by atoms with Crippen molar-refractivity contribution in [2.24, 2.45) is 0 Å². The van der Waals surface area contributed by atoms with Gasteiger partial charge in [0.05, 0.1) is 17.9 Å². The van der Waals surface area contributed by atoms with Crippen LogP contribution in [0.25, 0.3) is 0 Å². The van der Waals surface area contributed by atoms with E-state index in [4.69, 9.17) is 11.6 Å². The maximum Gasteiger partial charge on any atom is 0.253 e. The van der Waals surface area contributed by atoms with Crippen molar-refractivity contribution in [3.63, 3.8) is 0 Å². The lowest BCUT2D eigenvalue weighted by molar-refractivity contribution is -0.141. The Labute approximate surface area is 180 Å². The molecule has 8 heteroatoms. The van der Waals surface area contributed by atoms with Crippen LogP contribution < -0.4 is 10.6 Å². The first kappa shape index (κ1) is 20.6. The number of carbonyl (C=O) groups excluding carboxylic acids is 2. The minimum atomic E-state index is -1.30. The Hall–Kier alpha value is -2.64. The minimum Gasteiger partial charge on any atom is -0.381 e. The molecule has 30 heavy (non-hydrogen) atoms. The molecule has 2 aliphatic rings. The van der Waals surface area contributed by atoms with Crippen molar-refractivity contribution in [3.8, 4) is 0 Å². The third-order valence-corrected chi connectivity index (χ3v) is 5.91. The zero-order valence-electron chi connectivity index (χ0n) is 16.6. The van der Waals surface area contributed by atoms with E-state index in [1.54, 1.807) is 17.2 Å². The molecule has 1 aromatic heterocycles. The molecule has 4 rings (SSSR count). The van der Waals surface area contributed by atoms with Crippen LogP contribution in [0, 0.1) is 0 Å². The van der Waals surface area contributed by atoms with Gasteiger partial charge >= 0.3 is 0 Å². The van der Waals surface area contributed by atoms with Gasteiger partial charge in [0.15, 0.2) is 6.10 Å². The van der Waals surface area contributed by atoms with E-state index in [0.717, 1.165) is 29.7 Å². The van der Waals surface area contributed by atoms with Crippen molar-refractivity contribution in [2.75, 3.05) is 18.4 Å². The Morgan fingerprint density at radius 1 is 1.27 bits per heavy atom. The van der Waals surface area contributed by atoms with Crippen LogP contribution in [0.2, 0.25) is 5.15 Å². The molecular weight excluding hydrogens is 404 g/mol. The van der Waals surface area contributed by atoms with Crippen LogP contribution >= 0.6 is 11.6 Å². The van der Waals surface area contributed by atoms with Gasteiger partial charge in [-0.2, -0.15) is 0 Å². The number of hydrogen-bond acceptors (Lipinski definition) is 5. The molecule has 3 N–H and O–H groups in total. The van der Waals surface area contributed by atoms with Crippen LogP contribution in [0.1, 0.15) is 24.0 Å². The molecule has 1 aromatic carbocycles. The first-order valence-corrected chi connectivity index (χ1v) is 10.6. The highest BCUT2D eigenvalue weighted by Gasteiger charge is 2.35. The number of hydrogen-bond donors (Lipinski definition) is 3. The molecule has 1 unspecified atom stereocenters. The Morgan fingerprint density at radius 2 is 2.00 bits per heavy atom. The number of nitrogens with one attached hydrogen (secondary N) is 2. The quantitative estimate of drug-likeness (QED) is 0.610. The molecule has 3 heterocycles. The summed E-state index contributed by atoms with van der Waals surface area (Å²) in [6, 6.07) is 10.1. The molecule has 0 saturated carbocycles. The van der Waals surface area contributed by atoms with Crippen molar-refractivity contribution in [1.29, 1.82) is 0 Å². The van der Waals surface area contributed by atoms with Gasteiger partial charge in [0.1, 0.15) is 11.2 Å². The van der Waals surface area contributed by atoms with Gasteiger partial charge in [-0.25, -0.2) is 4.98 Å². The fraction of sp³-hybridized carbons (Fsp3) is 0.409. The van der Waals surface area contributed by atoms with E-state index in [9.17, 15) is 14.7 Å². The molecule has 2 amide bonds. The van der Waals surface area contributed by atoms with Gasteiger partial charge in [0.25, 0.3) is 5.91 Å². The molecule has 3 atom stereocenters. The largest absolute Gasteiger partial charge is 0.381 e. The summed E-state index contributed by atoms with van der Waals surface area (Å²) >= 11 is 5.95. The maximum absolute atomic E-state index is 13.0. The van der Waals surface area contributed by atoms with E-state index in [-0.39, 0.29) is 11.8 Å². The first-order valence-electron chi connectivity index (χ1n) is 10.2.